The summed E-state index contributed by atoms with van der Waals surface area (Å²) >= 11 is 0. The smallest absolute Gasteiger partial charge is 0.303 e. The number of nitrogens with two attached hydrogens (primary N) is 1. The van der Waals surface area contributed by atoms with Crippen LogP contribution in [0.3, 0.4) is 0 Å². The molecule has 112 valence electrons. The van der Waals surface area contributed by atoms with Crippen molar-refractivity contribution in [3.63, 3.8) is 0 Å². The molecule has 1 atom stereocenters. The van der Waals surface area contributed by atoms with Gasteiger partial charge in [0.15, 0.2) is 0 Å². The van der Waals surface area contributed by atoms with Crippen LogP contribution < -0.4 is 10.0 Å². The number of nitrogens with zero attached hydrogens (tertiary/aromatic N) is 2. The molecule has 0 amide bonds. The second-order valence-corrected chi connectivity index (χ2v) is 7.38. The molecule has 0 spiro atoms. The lowest BCUT2D eigenvalue weighted by molar-refractivity contribution is 0.271. The predicted molar refractivity (Wildman–Crippen MR) is 81.9 cm³/mol. The lowest BCUT2D eigenvalue weighted by Gasteiger charge is -2.34. The van der Waals surface area contributed by atoms with Gasteiger partial charge in [-0.15, -0.1) is 0 Å². The Kier molecular flexibility index (Phi) is 4.67. The Morgan fingerprint density at radius 2 is 2.20 bits per heavy atom. The van der Waals surface area contributed by atoms with Crippen LogP contribution in [0.1, 0.15) is 18.4 Å². The third kappa shape index (κ3) is 3.13. The topological polar surface area (TPSA) is 66.6 Å². The van der Waals surface area contributed by atoms with E-state index in [0.29, 0.717) is 25.3 Å². The molecule has 2 N–H and O–H groups in total. The lowest BCUT2D eigenvalue weighted by Crippen LogP contribution is -2.48. The summed E-state index contributed by atoms with van der Waals surface area (Å²) in [5.41, 5.74) is 7.42. The lowest BCUT2D eigenvalue weighted by atomic mass is 10.0. The first-order valence-corrected chi connectivity index (χ1v) is 8.35. The highest BCUT2D eigenvalue weighted by molar-refractivity contribution is 7.90. The van der Waals surface area contributed by atoms with Crippen molar-refractivity contribution in [2.24, 2.45) is 11.7 Å². The summed E-state index contributed by atoms with van der Waals surface area (Å²) in [4.78, 5) is 0. The van der Waals surface area contributed by atoms with Gasteiger partial charge in [0.05, 0.1) is 5.69 Å². The summed E-state index contributed by atoms with van der Waals surface area (Å²) in [6.45, 7) is 3.60. The molecule has 1 unspecified atom stereocenters. The van der Waals surface area contributed by atoms with Crippen molar-refractivity contribution in [2.75, 3.05) is 31.0 Å². The minimum absolute atomic E-state index is 0.268. The van der Waals surface area contributed by atoms with Gasteiger partial charge < -0.3 is 5.73 Å². The van der Waals surface area contributed by atoms with Crippen LogP contribution in [0, 0.1) is 12.8 Å². The van der Waals surface area contributed by atoms with Crippen molar-refractivity contribution in [3.05, 3.63) is 29.8 Å². The van der Waals surface area contributed by atoms with E-state index in [-0.39, 0.29) is 5.92 Å². The van der Waals surface area contributed by atoms with E-state index in [9.17, 15) is 8.42 Å². The van der Waals surface area contributed by atoms with Crippen LogP contribution in [0.5, 0.6) is 0 Å². The molecule has 1 heterocycles. The van der Waals surface area contributed by atoms with Crippen LogP contribution in [-0.4, -0.2) is 39.4 Å². The van der Waals surface area contributed by atoms with Crippen molar-refractivity contribution in [3.8, 4) is 0 Å². The summed E-state index contributed by atoms with van der Waals surface area (Å²) in [5.74, 6) is 0.268. The maximum absolute atomic E-state index is 12.7. The molecule has 1 fully saturated rings. The molecule has 1 aliphatic heterocycles. The fourth-order valence-corrected chi connectivity index (χ4v) is 4.04. The number of aryl methyl sites for hydroxylation is 1. The van der Waals surface area contributed by atoms with Gasteiger partial charge in [0.1, 0.15) is 0 Å². The van der Waals surface area contributed by atoms with Gasteiger partial charge in [-0.1, -0.05) is 12.1 Å². The summed E-state index contributed by atoms with van der Waals surface area (Å²) < 4.78 is 28.3. The minimum atomic E-state index is -3.46. The maximum Gasteiger partial charge on any atom is 0.303 e. The predicted octanol–water partition coefficient (Wildman–Crippen LogP) is 1.35. The van der Waals surface area contributed by atoms with Crippen molar-refractivity contribution in [1.82, 2.24) is 4.31 Å². The molecule has 1 aromatic rings. The summed E-state index contributed by atoms with van der Waals surface area (Å²) in [5, 5.41) is 0. The second kappa shape index (κ2) is 6.11. The molecule has 5 nitrogen and oxygen atoms in total. The molecule has 1 saturated heterocycles. The van der Waals surface area contributed by atoms with Gasteiger partial charge in [0, 0.05) is 20.1 Å². The highest BCUT2D eigenvalue weighted by Gasteiger charge is 2.31. The molecule has 0 bridgehead atoms. The third-order valence-electron chi connectivity index (χ3n) is 3.85. The largest absolute Gasteiger partial charge is 0.330 e. The van der Waals surface area contributed by atoms with Gasteiger partial charge in [-0.3, -0.25) is 4.31 Å². The van der Waals surface area contributed by atoms with E-state index >= 15 is 0 Å². The van der Waals surface area contributed by atoms with E-state index in [1.165, 1.54) is 4.31 Å². The zero-order chi connectivity index (χ0) is 14.8. The zero-order valence-electron chi connectivity index (χ0n) is 12.1. The van der Waals surface area contributed by atoms with Crippen LogP contribution in [0.4, 0.5) is 5.69 Å². The van der Waals surface area contributed by atoms with E-state index in [4.69, 9.17) is 5.73 Å². The molecule has 0 saturated carbocycles. The Balaban J connectivity index is 2.21. The van der Waals surface area contributed by atoms with Gasteiger partial charge >= 0.3 is 10.2 Å². The molecule has 0 aromatic heterocycles. The fourth-order valence-electron chi connectivity index (χ4n) is 2.56. The third-order valence-corrected chi connectivity index (χ3v) is 5.74. The zero-order valence-corrected chi connectivity index (χ0v) is 12.9. The van der Waals surface area contributed by atoms with Gasteiger partial charge in [0.25, 0.3) is 0 Å². The molecule has 1 aliphatic rings. The molecule has 0 aliphatic carbocycles. The first kappa shape index (κ1) is 15.3. The van der Waals surface area contributed by atoms with Crippen LogP contribution >= 0.6 is 0 Å². The molecule has 1 aromatic carbocycles. The maximum atomic E-state index is 12.7. The Bertz CT molecular complexity index is 559. The van der Waals surface area contributed by atoms with Crippen LogP contribution in [0.25, 0.3) is 0 Å². The van der Waals surface area contributed by atoms with Crippen LogP contribution in [0.2, 0.25) is 0 Å². The first-order valence-electron chi connectivity index (χ1n) is 6.96. The van der Waals surface area contributed by atoms with Gasteiger partial charge in [-0.2, -0.15) is 12.7 Å². The SMILES string of the molecule is Cc1cccc(N(C)S(=O)(=O)N2CCCC(CN)C2)c1. The van der Waals surface area contributed by atoms with E-state index < -0.39 is 10.2 Å². The number of anilines is 1. The Morgan fingerprint density at radius 1 is 1.45 bits per heavy atom. The quantitative estimate of drug-likeness (QED) is 0.912. The molecule has 0 radical (unpaired) electrons. The molecule has 6 heteroatoms. The molecule has 2 rings (SSSR count). The molecular formula is C14H23N3O2S. The molecular weight excluding hydrogens is 274 g/mol. The van der Waals surface area contributed by atoms with Crippen molar-refractivity contribution >= 4 is 15.9 Å². The van der Waals surface area contributed by atoms with Gasteiger partial charge in [-0.25, -0.2) is 0 Å². The monoisotopic (exact) mass is 297 g/mol. The van der Waals surface area contributed by atoms with Gasteiger partial charge in [0.2, 0.25) is 0 Å². The molecule has 20 heavy (non-hydrogen) atoms. The van der Waals surface area contributed by atoms with E-state index in [1.54, 1.807) is 11.4 Å². The first-order chi connectivity index (χ1) is 9.45. The van der Waals surface area contributed by atoms with Crippen molar-refractivity contribution in [2.45, 2.75) is 19.8 Å². The van der Waals surface area contributed by atoms with Crippen molar-refractivity contribution < 1.29 is 8.42 Å². The minimum Gasteiger partial charge on any atom is -0.330 e. The normalized spacial score (nSPS) is 20.9. The Labute approximate surface area is 121 Å². The average molecular weight is 297 g/mol. The van der Waals surface area contributed by atoms with Crippen LogP contribution in [0.15, 0.2) is 24.3 Å². The van der Waals surface area contributed by atoms with Crippen molar-refractivity contribution in [1.29, 1.82) is 0 Å². The summed E-state index contributed by atoms with van der Waals surface area (Å²) in [7, 11) is -1.86. The van der Waals surface area contributed by atoms with Crippen LogP contribution in [-0.2, 0) is 10.2 Å². The highest BCUT2D eigenvalue weighted by Crippen LogP contribution is 2.24. The second-order valence-electron chi connectivity index (χ2n) is 5.42. The standard InChI is InChI=1S/C14H23N3O2S/c1-12-5-3-7-14(9-12)16(2)20(18,19)17-8-4-6-13(10-15)11-17/h3,5,7,9,13H,4,6,8,10-11,15H2,1-2H3. The van der Waals surface area contributed by atoms with E-state index in [0.717, 1.165) is 18.4 Å². The number of hydrogen-bond donors (Lipinski definition) is 1. The van der Waals surface area contributed by atoms with E-state index in [2.05, 4.69) is 0 Å². The summed E-state index contributed by atoms with van der Waals surface area (Å²) in [6.07, 6.45) is 1.89. The number of benzene rings is 1. The number of hydrogen-bond acceptors (Lipinski definition) is 3. The average Bonchev–Trinajstić information content (AvgIpc) is 2.46. The Morgan fingerprint density at radius 3 is 2.85 bits per heavy atom. The highest BCUT2D eigenvalue weighted by atomic mass is 32.2. The number of piperidine rings is 1. The number of rotatable bonds is 4. The van der Waals surface area contributed by atoms with Gasteiger partial charge in [-0.05, 0) is 49.9 Å². The fraction of sp³-hybridized carbons (Fsp3) is 0.571. The van der Waals surface area contributed by atoms with E-state index in [1.807, 2.05) is 31.2 Å². The summed E-state index contributed by atoms with van der Waals surface area (Å²) in [6, 6.07) is 7.52. The Hall–Kier alpha value is -1.11.